The number of rotatable bonds is 3. The summed E-state index contributed by atoms with van der Waals surface area (Å²) in [5.74, 6) is 0.396. The van der Waals surface area contributed by atoms with E-state index in [9.17, 15) is 14.4 Å². The lowest BCUT2D eigenvalue weighted by atomic mass is 9.85. The number of hydrogen-bond donors (Lipinski definition) is 0. The fourth-order valence-electron chi connectivity index (χ4n) is 5.56. The number of allylic oxidation sites excluding steroid dienone is 2. The molecule has 1 aromatic carbocycles. The highest BCUT2D eigenvalue weighted by atomic mass is 79.9. The van der Waals surface area contributed by atoms with Crippen molar-refractivity contribution in [3.05, 3.63) is 40.9 Å². The van der Waals surface area contributed by atoms with Gasteiger partial charge < -0.3 is 4.74 Å². The number of benzene rings is 1. The van der Waals surface area contributed by atoms with Crippen LogP contribution in [0.4, 0.5) is 0 Å². The molecule has 146 valence electrons. The molecular formula is C22H22BrNO4. The molecule has 4 atom stereocenters. The van der Waals surface area contributed by atoms with Crippen LogP contribution in [-0.4, -0.2) is 28.7 Å². The van der Waals surface area contributed by atoms with Crippen LogP contribution < -0.4 is 4.74 Å². The lowest BCUT2D eigenvalue weighted by Gasteiger charge is -2.33. The molecule has 1 saturated heterocycles. The van der Waals surface area contributed by atoms with Crippen molar-refractivity contribution in [3.8, 4) is 5.75 Å². The van der Waals surface area contributed by atoms with Gasteiger partial charge in [0.1, 0.15) is 5.75 Å². The van der Waals surface area contributed by atoms with Crippen molar-refractivity contribution in [3.63, 3.8) is 0 Å². The Morgan fingerprint density at radius 1 is 0.929 bits per heavy atom. The minimum atomic E-state index is -0.223. The number of ether oxygens (including phenoxy) is 1. The molecule has 2 amide bonds. The summed E-state index contributed by atoms with van der Waals surface area (Å²) in [5, 5.41) is 0. The van der Waals surface area contributed by atoms with E-state index >= 15 is 0 Å². The number of amides is 2. The monoisotopic (exact) mass is 443 g/mol. The Bertz CT molecular complexity index is 826. The van der Waals surface area contributed by atoms with Gasteiger partial charge in [0, 0.05) is 10.5 Å². The Morgan fingerprint density at radius 2 is 1.50 bits per heavy atom. The first-order chi connectivity index (χ1) is 13.5. The van der Waals surface area contributed by atoms with E-state index in [-0.39, 0.29) is 53.4 Å². The summed E-state index contributed by atoms with van der Waals surface area (Å²) in [7, 11) is 0. The van der Waals surface area contributed by atoms with Crippen molar-refractivity contribution >= 4 is 33.7 Å². The summed E-state index contributed by atoms with van der Waals surface area (Å²) in [5.41, 5.74) is 0. The molecule has 4 aliphatic rings. The van der Waals surface area contributed by atoms with Crippen molar-refractivity contribution < 1.29 is 19.1 Å². The molecule has 28 heavy (non-hydrogen) atoms. The zero-order chi connectivity index (χ0) is 19.4. The first-order valence-corrected chi connectivity index (χ1v) is 10.8. The van der Waals surface area contributed by atoms with Crippen LogP contribution in [0.25, 0.3) is 0 Å². The normalized spacial score (nSPS) is 36.1. The standard InChI is InChI=1S/C22H22BrNO4/c23-15-5-9-17(10-6-15)28-22(27)12-3-7-16(8-4-12)24-20(25)18-13-1-2-14(11-13)19(18)21(24)26/h1-2,5-6,9-10,12-14,16,18-19H,3-4,7-8,11H2. The number of likely N-dealkylation sites (tertiary alicyclic amines) is 1. The molecule has 2 saturated carbocycles. The number of nitrogens with zero attached hydrogens (tertiary/aromatic N) is 1. The molecule has 2 bridgehead atoms. The smallest absolute Gasteiger partial charge is 0.314 e. The third kappa shape index (κ3) is 2.84. The zero-order valence-electron chi connectivity index (χ0n) is 15.4. The highest BCUT2D eigenvalue weighted by Gasteiger charge is 2.60. The molecule has 1 aliphatic heterocycles. The number of halogens is 1. The Labute approximate surface area is 172 Å². The number of fused-ring (bicyclic) bond motifs is 5. The predicted molar refractivity (Wildman–Crippen MR) is 105 cm³/mol. The maximum absolute atomic E-state index is 12.9. The molecule has 5 rings (SSSR count). The molecule has 1 heterocycles. The van der Waals surface area contributed by atoms with Gasteiger partial charge in [-0.25, -0.2) is 0 Å². The average molecular weight is 444 g/mol. The van der Waals surface area contributed by atoms with Crippen molar-refractivity contribution in [1.29, 1.82) is 0 Å². The molecule has 4 unspecified atom stereocenters. The third-order valence-corrected chi connectivity index (χ3v) is 7.46. The van der Waals surface area contributed by atoms with E-state index in [0.29, 0.717) is 31.4 Å². The quantitative estimate of drug-likeness (QED) is 0.309. The third-order valence-electron chi connectivity index (χ3n) is 6.93. The molecule has 3 fully saturated rings. The number of carbonyl (C=O) groups is 3. The second-order valence-corrected chi connectivity index (χ2v) is 9.34. The minimum absolute atomic E-state index is 0.0211. The second kappa shape index (κ2) is 6.83. The minimum Gasteiger partial charge on any atom is -0.426 e. The van der Waals surface area contributed by atoms with Crippen LogP contribution >= 0.6 is 15.9 Å². The zero-order valence-corrected chi connectivity index (χ0v) is 17.0. The van der Waals surface area contributed by atoms with Gasteiger partial charge in [0.15, 0.2) is 0 Å². The SMILES string of the molecule is O=C(Oc1ccc(Br)cc1)C1CCC(N2C(=O)C3C4C=CC(C4)C3C2=O)CC1. The lowest BCUT2D eigenvalue weighted by molar-refractivity contribution is -0.145. The second-order valence-electron chi connectivity index (χ2n) is 8.43. The van der Waals surface area contributed by atoms with Crippen LogP contribution in [0, 0.1) is 29.6 Å². The highest BCUT2D eigenvalue weighted by Crippen LogP contribution is 2.53. The van der Waals surface area contributed by atoms with Gasteiger partial charge in [0.25, 0.3) is 0 Å². The number of esters is 1. The van der Waals surface area contributed by atoms with E-state index in [4.69, 9.17) is 4.74 Å². The first-order valence-electron chi connectivity index (χ1n) is 10.1. The fraction of sp³-hybridized carbons (Fsp3) is 0.500. The van der Waals surface area contributed by atoms with Gasteiger partial charge in [-0.3, -0.25) is 19.3 Å². The van der Waals surface area contributed by atoms with Gasteiger partial charge in [0.05, 0.1) is 17.8 Å². The molecule has 0 radical (unpaired) electrons. The number of carbonyl (C=O) groups excluding carboxylic acids is 3. The van der Waals surface area contributed by atoms with Crippen LogP contribution in [0.15, 0.2) is 40.9 Å². The summed E-state index contributed by atoms with van der Waals surface area (Å²) in [6.45, 7) is 0. The van der Waals surface area contributed by atoms with Crippen LogP contribution in [0.2, 0.25) is 0 Å². The maximum atomic E-state index is 12.9. The molecule has 1 aromatic rings. The van der Waals surface area contributed by atoms with Gasteiger partial charge in [-0.1, -0.05) is 28.1 Å². The predicted octanol–water partition coefficient (Wildman–Crippen LogP) is 3.72. The van der Waals surface area contributed by atoms with Gasteiger partial charge in [0.2, 0.25) is 11.8 Å². The van der Waals surface area contributed by atoms with Crippen LogP contribution in [0.1, 0.15) is 32.1 Å². The van der Waals surface area contributed by atoms with Crippen LogP contribution in [0.3, 0.4) is 0 Å². The van der Waals surface area contributed by atoms with Gasteiger partial charge >= 0.3 is 5.97 Å². The van der Waals surface area contributed by atoms with E-state index < -0.39 is 0 Å². The van der Waals surface area contributed by atoms with E-state index in [1.54, 1.807) is 17.0 Å². The molecule has 6 heteroatoms. The van der Waals surface area contributed by atoms with Crippen molar-refractivity contribution in [2.45, 2.75) is 38.1 Å². The summed E-state index contributed by atoms with van der Waals surface area (Å²) < 4.78 is 6.42. The first kappa shape index (κ1) is 18.1. The topological polar surface area (TPSA) is 63.7 Å². The van der Waals surface area contributed by atoms with Gasteiger partial charge in [-0.05, 0) is 68.2 Å². The van der Waals surface area contributed by atoms with Crippen molar-refractivity contribution in [2.75, 3.05) is 0 Å². The largest absolute Gasteiger partial charge is 0.426 e. The Kier molecular flexibility index (Phi) is 4.42. The van der Waals surface area contributed by atoms with E-state index in [1.807, 2.05) is 12.1 Å². The van der Waals surface area contributed by atoms with Crippen molar-refractivity contribution in [1.82, 2.24) is 4.90 Å². The fourth-order valence-corrected chi connectivity index (χ4v) is 5.82. The summed E-state index contributed by atoms with van der Waals surface area (Å²) >= 11 is 3.36. The maximum Gasteiger partial charge on any atom is 0.314 e. The Morgan fingerprint density at radius 3 is 2.07 bits per heavy atom. The van der Waals surface area contributed by atoms with E-state index in [2.05, 4.69) is 28.1 Å². The Hall–Kier alpha value is -1.95. The summed E-state index contributed by atoms with van der Waals surface area (Å²) in [4.78, 5) is 39.9. The van der Waals surface area contributed by atoms with E-state index in [1.165, 1.54) is 0 Å². The van der Waals surface area contributed by atoms with Crippen LogP contribution in [-0.2, 0) is 14.4 Å². The molecular weight excluding hydrogens is 422 g/mol. The summed E-state index contributed by atoms with van der Waals surface area (Å²) in [6, 6.07) is 7.13. The van der Waals surface area contributed by atoms with Crippen LogP contribution in [0.5, 0.6) is 5.75 Å². The average Bonchev–Trinajstić information content (AvgIpc) is 3.38. The van der Waals surface area contributed by atoms with E-state index in [0.717, 1.165) is 10.9 Å². The van der Waals surface area contributed by atoms with Gasteiger partial charge in [-0.15, -0.1) is 0 Å². The Balaban J connectivity index is 1.21. The molecule has 5 nitrogen and oxygen atoms in total. The summed E-state index contributed by atoms with van der Waals surface area (Å²) in [6.07, 6.45) is 7.86. The van der Waals surface area contributed by atoms with Gasteiger partial charge in [-0.2, -0.15) is 0 Å². The number of hydrogen-bond acceptors (Lipinski definition) is 4. The molecule has 3 aliphatic carbocycles. The highest BCUT2D eigenvalue weighted by molar-refractivity contribution is 9.10. The molecule has 0 N–H and O–H groups in total. The molecule has 0 aromatic heterocycles. The lowest BCUT2D eigenvalue weighted by Crippen LogP contribution is -2.44. The number of imide groups is 1. The molecule has 0 spiro atoms. The van der Waals surface area contributed by atoms with Crippen molar-refractivity contribution in [2.24, 2.45) is 29.6 Å².